The van der Waals surface area contributed by atoms with E-state index >= 15 is 0 Å². The summed E-state index contributed by atoms with van der Waals surface area (Å²) in [5.74, 6) is -0.297. The van der Waals surface area contributed by atoms with Gasteiger partial charge in [-0.25, -0.2) is 0 Å². The van der Waals surface area contributed by atoms with Crippen molar-refractivity contribution in [3.63, 3.8) is 0 Å². The summed E-state index contributed by atoms with van der Waals surface area (Å²) in [5.41, 5.74) is 0.965. The molecule has 0 aliphatic carbocycles. The van der Waals surface area contributed by atoms with Crippen molar-refractivity contribution in [2.75, 3.05) is 7.05 Å². The van der Waals surface area contributed by atoms with Gasteiger partial charge in [-0.05, 0) is 5.56 Å². The van der Waals surface area contributed by atoms with Crippen LogP contribution in [0.15, 0.2) is 36.6 Å². The first-order chi connectivity index (χ1) is 6.29. The molecule has 3 heteroatoms. The second kappa shape index (κ2) is 4.30. The summed E-state index contributed by atoms with van der Waals surface area (Å²) >= 11 is 0. The van der Waals surface area contributed by atoms with Gasteiger partial charge in [0, 0.05) is 7.05 Å². The Balaban J connectivity index is 3.00. The molecule has 0 fully saturated rings. The van der Waals surface area contributed by atoms with E-state index in [1.165, 1.54) is 7.05 Å². The smallest absolute Gasteiger partial charge is 0.254 e. The molecule has 0 atom stereocenters. The largest absolute Gasteiger partial charge is 0.515 e. The Morgan fingerprint density at radius 3 is 2.46 bits per heavy atom. The molecule has 0 saturated heterocycles. The third-order valence-electron chi connectivity index (χ3n) is 1.69. The standard InChI is InChI=1S/C10H11NO2/c1-11-10(13)9(7-12)8-5-3-2-4-6-8/h2-7,12H,1H3,(H,11,13). The van der Waals surface area contributed by atoms with Crippen molar-refractivity contribution < 1.29 is 9.90 Å². The van der Waals surface area contributed by atoms with Crippen LogP contribution >= 0.6 is 0 Å². The Morgan fingerprint density at radius 1 is 1.38 bits per heavy atom. The van der Waals surface area contributed by atoms with E-state index < -0.39 is 0 Å². The maximum atomic E-state index is 11.2. The Kier molecular flexibility index (Phi) is 3.09. The summed E-state index contributed by atoms with van der Waals surface area (Å²) in [4.78, 5) is 11.2. The van der Waals surface area contributed by atoms with Crippen molar-refractivity contribution in [2.45, 2.75) is 0 Å². The van der Waals surface area contributed by atoms with Gasteiger partial charge in [0.05, 0.1) is 11.8 Å². The maximum absolute atomic E-state index is 11.2. The molecule has 1 aromatic rings. The van der Waals surface area contributed by atoms with Gasteiger partial charge in [0.15, 0.2) is 0 Å². The van der Waals surface area contributed by atoms with Gasteiger partial charge < -0.3 is 10.4 Å². The minimum atomic E-state index is -0.297. The minimum Gasteiger partial charge on any atom is -0.515 e. The summed E-state index contributed by atoms with van der Waals surface area (Å²) < 4.78 is 0. The molecule has 1 aromatic carbocycles. The Bertz CT molecular complexity index is 317. The number of carbonyl (C=O) groups is 1. The lowest BCUT2D eigenvalue weighted by Crippen LogP contribution is -2.19. The van der Waals surface area contributed by atoms with Crippen molar-refractivity contribution in [3.05, 3.63) is 42.2 Å². The number of hydrogen-bond acceptors (Lipinski definition) is 2. The predicted molar refractivity (Wildman–Crippen MR) is 51.1 cm³/mol. The van der Waals surface area contributed by atoms with E-state index in [0.29, 0.717) is 5.56 Å². The third-order valence-corrected chi connectivity index (χ3v) is 1.69. The zero-order chi connectivity index (χ0) is 9.68. The highest BCUT2D eigenvalue weighted by molar-refractivity contribution is 6.19. The van der Waals surface area contributed by atoms with Crippen LogP contribution in [0, 0.1) is 0 Å². The Labute approximate surface area is 76.7 Å². The summed E-state index contributed by atoms with van der Waals surface area (Å²) in [6, 6.07) is 8.99. The van der Waals surface area contributed by atoms with Gasteiger partial charge in [0.2, 0.25) is 0 Å². The normalized spacial score (nSPS) is 11.0. The van der Waals surface area contributed by atoms with E-state index in [0.717, 1.165) is 6.26 Å². The van der Waals surface area contributed by atoms with E-state index in [1.54, 1.807) is 12.1 Å². The van der Waals surface area contributed by atoms with Gasteiger partial charge in [0.1, 0.15) is 0 Å². The predicted octanol–water partition coefficient (Wildman–Crippen LogP) is 1.33. The van der Waals surface area contributed by atoms with Crippen LogP contribution in [0.25, 0.3) is 5.57 Å². The number of carbonyl (C=O) groups excluding carboxylic acids is 1. The fourth-order valence-electron chi connectivity index (χ4n) is 1.02. The third kappa shape index (κ3) is 2.08. The van der Waals surface area contributed by atoms with E-state index in [4.69, 9.17) is 5.11 Å². The minimum absolute atomic E-state index is 0.267. The lowest BCUT2D eigenvalue weighted by molar-refractivity contribution is -0.115. The molecule has 0 aromatic heterocycles. The highest BCUT2D eigenvalue weighted by Crippen LogP contribution is 2.12. The fourth-order valence-corrected chi connectivity index (χ4v) is 1.02. The van der Waals surface area contributed by atoms with Crippen LogP contribution in [-0.4, -0.2) is 18.1 Å². The highest BCUT2D eigenvalue weighted by atomic mass is 16.2. The average molecular weight is 177 g/mol. The van der Waals surface area contributed by atoms with Gasteiger partial charge >= 0.3 is 0 Å². The molecule has 0 heterocycles. The number of likely N-dealkylation sites (N-methyl/N-ethyl adjacent to an activating group) is 1. The molecule has 0 saturated carbocycles. The van der Waals surface area contributed by atoms with Crippen molar-refractivity contribution in [1.29, 1.82) is 0 Å². The molecule has 2 N–H and O–H groups in total. The van der Waals surface area contributed by atoms with Gasteiger partial charge in [0.25, 0.3) is 5.91 Å². The van der Waals surface area contributed by atoms with Crippen LogP contribution < -0.4 is 5.32 Å². The van der Waals surface area contributed by atoms with E-state index in [1.807, 2.05) is 18.2 Å². The molecule has 0 bridgehead atoms. The molecule has 3 nitrogen and oxygen atoms in total. The van der Waals surface area contributed by atoms with Crippen molar-refractivity contribution in [1.82, 2.24) is 5.32 Å². The number of amides is 1. The zero-order valence-corrected chi connectivity index (χ0v) is 7.32. The molecule has 0 radical (unpaired) electrons. The van der Waals surface area contributed by atoms with Gasteiger partial charge in [-0.3, -0.25) is 4.79 Å². The summed E-state index contributed by atoms with van der Waals surface area (Å²) in [7, 11) is 1.52. The molecule has 1 amide bonds. The van der Waals surface area contributed by atoms with Crippen molar-refractivity contribution in [2.24, 2.45) is 0 Å². The fraction of sp³-hybridized carbons (Fsp3) is 0.100. The SMILES string of the molecule is CNC(=O)C(=CO)c1ccccc1. The first kappa shape index (κ1) is 9.32. The number of benzene rings is 1. The topological polar surface area (TPSA) is 49.3 Å². The molecule has 0 unspecified atom stereocenters. The van der Waals surface area contributed by atoms with Crippen LogP contribution in [0.3, 0.4) is 0 Å². The van der Waals surface area contributed by atoms with Crippen LogP contribution in [0.2, 0.25) is 0 Å². The lowest BCUT2D eigenvalue weighted by atomic mass is 10.1. The molecule has 13 heavy (non-hydrogen) atoms. The number of aliphatic hydroxyl groups is 1. The molecule has 0 aliphatic heterocycles. The zero-order valence-electron chi connectivity index (χ0n) is 7.32. The van der Waals surface area contributed by atoms with Crippen LogP contribution in [0.1, 0.15) is 5.56 Å². The second-order valence-electron chi connectivity index (χ2n) is 2.49. The molecule has 68 valence electrons. The maximum Gasteiger partial charge on any atom is 0.254 e. The molecular formula is C10H11NO2. The summed E-state index contributed by atoms with van der Waals surface area (Å²) in [6.07, 6.45) is 0.814. The molecule has 1 rings (SSSR count). The van der Waals surface area contributed by atoms with Crippen LogP contribution in [0.5, 0.6) is 0 Å². The summed E-state index contributed by atoms with van der Waals surface area (Å²) in [6.45, 7) is 0. The Morgan fingerprint density at radius 2 is 2.00 bits per heavy atom. The van der Waals surface area contributed by atoms with Crippen molar-refractivity contribution in [3.8, 4) is 0 Å². The molecular weight excluding hydrogens is 166 g/mol. The summed E-state index contributed by atoms with van der Waals surface area (Å²) in [5, 5.41) is 11.3. The van der Waals surface area contributed by atoms with E-state index in [2.05, 4.69) is 5.32 Å². The highest BCUT2D eigenvalue weighted by Gasteiger charge is 2.08. The first-order valence-corrected chi connectivity index (χ1v) is 3.91. The number of aliphatic hydroxyl groups excluding tert-OH is 1. The van der Waals surface area contributed by atoms with Gasteiger partial charge in [-0.1, -0.05) is 30.3 Å². The molecule has 0 spiro atoms. The number of rotatable bonds is 2. The van der Waals surface area contributed by atoms with Crippen molar-refractivity contribution >= 4 is 11.5 Å². The molecule has 0 aliphatic rings. The van der Waals surface area contributed by atoms with E-state index in [-0.39, 0.29) is 11.5 Å². The number of hydrogen-bond donors (Lipinski definition) is 2. The number of nitrogens with one attached hydrogen (secondary N) is 1. The van der Waals surface area contributed by atoms with Crippen LogP contribution in [0.4, 0.5) is 0 Å². The van der Waals surface area contributed by atoms with Gasteiger partial charge in [-0.2, -0.15) is 0 Å². The lowest BCUT2D eigenvalue weighted by Gasteiger charge is -2.03. The quantitative estimate of drug-likeness (QED) is 0.529. The Hall–Kier alpha value is -1.77. The van der Waals surface area contributed by atoms with E-state index in [9.17, 15) is 4.79 Å². The second-order valence-corrected chi connectivity index (χ2v) is 2.49. The monoisotopic (exact) mass is 177 g/mol. The van der Waals surface area contributed by atoms with Crippen LogP contribution in [-0.2, 0) is 4.79 Å². The van der Waals surface area contributed by atoms with Gasteiger partial charge in [-0.15, -0.1) is 0 Å². The first-order valence-electron chi connectivity index (χ1n) is 3.91. The average Bonchev–Trinajstić information content (AvgIpc) is 2.20.